The molecule has 0 radical (unpaired) electrons. The number of pyridine rings is 1. The molecule has 132 valence electrons. The molecule has 0 aliphatic heterocycles. The van der Waals surface area contributed by atoms with Crippen molar-refractivity contribution in [2.24, 2.45) is 0 Å². The Morgan fingerprint density at radius 3 is 2.60 bits per heavy atom. The molecule has 0 unspecified atom stereocenters. The lowest BCUT2D eigenvalue weighted by atomic mass is 10.3. The average Bonchev–Trinajstić information content (AvgIpc) is 3.05. The van der Waals surface area contributed by atoms with Gasteiger partial charge in [-0.25, -0.2) is 0 Å². The Morgan fingerprint density at radius 2 is 1.96 bits per heavy atom. The van der Waals surface area contributed by atoms with E-state index >= 15 is 0 Å². The number of aromatic nitrogens is 1. The highest BCUT2D eigenvalue weighted by Crippen LogP contribution is 2.22. The van der Waals surface area contributed by atoms with E-state index in [2.05, 4.69) is 31.5 Å². The summed E-state index contributed by atoms with van der Waals surface area (Å²) in [6.45, 7) is 0.511. The summed E-state index contributed by atoms with van der Waals surface area (Å²) in [5.41, 5.74) is 0.460. The molecule has 0 atom stereocenters. The monoisotopic (exact) mass is 424 g/mol. The minimum atomic E-state index is -0.290. The molecule has 2 heterocycles. The number of likely N-dealkylation sites (N-methyl/N-ethyl adjacent to an activating group) is 1. The zero-order chi connectivity index (χ0) is 18.2. The Hall–Kier alpha value is -2.26. The maximum atomic E-state index is 12.1. The highest BCUT2D eigenvalue weighted by atomic mass is 79.9. The van der Waals surface area contributed by atoms with Crippen LogP contribution in [0.15, 0.2) is 40.4 Å². The second kappa shape index (κ2) is 9.28. The van der Waals surface area contributed by atoms with Gasteiger partial charge in [0.2, 0.25) is 5.91 Å². The molecule has 3 amide bonds. The van der Waals surface area contributed by atoms with Crippen LogP contribution in [0.3, 0.4) is 0 Å². The van der Waals surface area contributed by atoms with E-state index in [-0.39, 0.29) is 37.4 Å². The Labute approximate surface area is 157 Å². The molecule has 2 rings (SSSR count). The van der Waals surface area contributed by atoms with Crippen LogP contribution in [-0.2, 0) is 4.79 Å². The molecule has 0 spiro atoms. The van der Waals surface area contributed by atoms with Gasteiger partial charge in [0.1, 0.15) is 0 Å². The molecule has 0 saturated heterocycles. The number of nitrogens with one attached hydrogen (secondary N) is 2. The molecule has 0 aromatic carbocycles. The third-order valence-electron chi connectivity index (χ3n) is 3.17. The fourth-order valence-electron chi connectivity index (χ4n) is 1.94. The van der Waals surface area contributed by atoms with E-state index in [1.54, 1.807) is 37.5 Å². The van der Waals surface area contributed by atoms with Gasteiger partial charge in [0, 0.05) is 32.5 Å². The number of hydrogen-bond donors (Lipinski definition) is 2. The lowest BCUT2D eigenvalue weighted by molar-refractivity contribution is -0.121. The lowest BCUT2D eigenvalue weighted by Gasteiger charge is -2.16. The van der Waals surface area contributed by atoms with E-state index in [0.29, 0.717) is 10.4 Å². The molecule has 0 aliphatic rings. The standard InChI is InChI=1S/C16H17BrN4O3S/c1-21(16(24)12-4-5-13(17)25-12)10-14(22)19-7-8-20-15(23)11-3-2-6-18-9-11/h2-6,9H,7-8,10H2,1H3,(H,19,22)(H,20,23). The molecule has 7 nitrogen and oxygen atoms in total. The predicted octanol–water partition coefficient (Wildman–Crippen LogP) is 1.52. The Balaban J connectivity index is 1.68. The van der Waals surface area contributed by atoms with Crippen molar-refractivity contribution in [3.05, 3.63) is 50.9 Å². The average molecular weight is 425 g/mol. The first-order valence-electron chi connectivity index (χ1n) is 7.43. The van der Waals surface area contributed by atoms with E-state index in [9.17, 15) is 14.4 Å². The number of rotatable bonds is 7. The van der Waals surface area contributed by atoms with Crippen molar-refractivity contribution in [2.45, 2.75) is 0 Å². The van der Waals surface area contributed by atoms with Gasteiger partial charge in [-0.1, -0.05) is 0 Å². The third-order valence-corrected chi connectivity index (χ3v) is 4.78. The Kier molecular flexibility index (Phi) is 7.08. The van der Waals surface area contributed by atoms with Gasteiger partial charge in [0.15, 0.2) is 0 Å². The maximum Gasteiger partial charge on any atom is 0.264 e. The fourth-order valence-corrected chi connectivity index (χ4v) is 3.32. The van der Waals surface area contributed by atoms with Crippen LogP contribution in [0.1, 0.15) is 20.0 Å². The summed E-state index contributed by atoms with van der Waals surface area (Å²) in [6.07, 6.45) is 3.06. The number of carbonyl (C=O) groups excluding carboxylic acids is 3. The second-order valence-electron chi connectivity index (χ2n) is 5.11. The number of thiophene rings is 1. The van der Waals surface area contributed by atoms with Crippen molar-refractivity contribution in [2.75, 3.05) is 26.7 Å². The molecular formula is C16H17BrN4O3S. The van der Waals surface area contributed by atoms with Crippen molar-refractivity contribution in [1.82, 2.24) is 20.5 Å². The summed E-state index contributed by atoms with van der Waals surface area (Å²) in [5, 5.41) is 5.34. The van der Waals surface area contributed by atoms with Crippen LogP contribution in [0.25, 0.3) is 0 Å². The second-order valence-corrected chi connectivity index (χ2v) is 7.58. The molecule has 0 bridgehead atoms. The Morgan fingerprint density at radius 1 is 1.20 bits per heavy atom. The largest absolute Gasteiger partial charge is 0.353 e. The van der Waals surface area contributed by atoms with Gasteiger partial charge < -0.3 is 15.5 Å². The van der Waals surface area contributed by atoms with E-state index in [1.165, 1.54) is 22.4 Å². The van der Waals surface area contributed by atoms with E-state index in [4.69, 9.17) is 0 Å². The normalized spacial score (nSPS) is 10.2. The molecule has 2 aromatic heterocycles. The SMILES string of the molecule is CN(CC(=O)NCCNC(=O)c1cccnc1)C(=O)c1ccc(Br)s1. The minimum Gasteiger partial charge on any atom is -0.353 e. The zero-order valence-electron chi connectivity index (χ0n) is 13.5. The molecule has 9 heteroatoms. The molecule has 0 fully saturated rings. The van der Waals surface area contributed by atoms with Crippen LogP contribution in [0, 0.1) is 0 Å². The number of carbonyl (C=O) groups is 3. The quantitative estimate of drug-likeness (QED) is 0.659. The van der Waals surface area contributed by atoms with Crippen molar-refractivity contribution < 1.29 is 14.4 Å². The summed E-state index contributed by atoms with van der Waals surface area (Å²) >= 11 is 4.62. The first kappa shape index (κ1) is 19.1. The van der Waals surface area contributed by atoms with Crippen LogP contribution in [-0.4, -0.2) is 54.3 Å². The van der Waals surface area contributed by atoms with Crippen molar-refractivity contribution in [3.63, 3.8) is 0 Å². The Bertz CT molecular complexity index is 751. The van der Waals surface area contributed by atoms with Crippen LogP contribution in [0.4, 0.5) is 0 Å². The highest BCUT2D eigenvalue weighted by molar-refractivity contribution is 9.11. The molecule has 2 aromatic rings. The van der Waals surface area contributed by atoms with E-state index in [0.717, 1.165) is 3.79 Å². The third kappa shape index (κ3) is 5.95. The van der Waals surface area contributed by atoms with Crippen molar-refractivity contribution in [3.8, 4) is 0 Å². The number of halogens is 1. The fraction of sp³-hybridized carbons (Fsp3) is 0.250. The topological polar surface area (TPSA) is 91.4 Å². The van der Waals surface area contributed by atoms with Gasteiger partial charge in [-0.2, -0.15) is 0 Å². The van der Waals surface area contributed by atoms with Gasteiger partial charge in [0.25, 0.3) is 11.8 Å². The molecule has 0 saturated carbocycles. The van der Waals surface area contributed by atoms with Crippen molar-refractivity contribution >= 4 is 45.0 Å². The number of nitrogens with zero attached hydrogens (tertiary/aromatic N) is 2. The summed E-state index contributed by atoms with van der Waals surface area (Å²) < 4.78 is 0.859. The van der Waals surface area contributed by atoms with E-state index < -0.39 is 0 Å². The first-order valence-corrected chi connectivity index (χ1v) is 9.04. The summed E-state index contributed by atoms with van der Waals surface area (Å²) in [5.74, 6) is -0.754. The van der Waals surface area contributed by atoms with Crippen LogP contribution >= 0.6 is 27.3 Å². The van der Waals surface area contributed by atoms with Gasteiger partial charge in [-0.05, 0) is 40.2 Å². The molecule has 2 N–H and O–H groups in total. The van der Waals surface area contributed by atoms with Crippen molar-refractivity contribution in [1.29, 1.82) is 0 Å². The lowest BCUT2D eigenvalue weighted by Crippen LogP contribution is -2.41. The number of amides is 3. The zero-order valence-corrected chi connectivity index (χ0v) is 15.9. The van der Waals surface area contributed by atoms with Crippen LogP contribution < -0.4 is 10.6 Å². The summed E-state index contributed by atoms with van der Waals surface area (Å²) in [4.78, 5) is 41.6. The molecule has 25 heavy (non-hydrogen) atoms. The first-order chi connectivity index (χ1) is 12.0. The highest BCUT2D eigenvalue weighted by Gasteiger charge is 2.16. The van der Waals surface area contributed by atoms with Gasteiger partial charge in [0.05, 0.1) is 20.8 Å². The van der Waals surface area contributed by atoms with Crippen LogP contribution in [0.5, 0.6) is 0 Å². The molecular weight excluding hydrogens is 408 g/mol. The van der Waals surface area contributed by atoms with Gasteiger partial charge in [-0.15, -0.1) is 11.3 Å². The number of hydrogen-bond acceptors (Lipinski definition) is 5. The van der Waals surface area contributed by atoms with E-state index in [1.807, 2.05) is 0 Å². The van der Waals surface area contributed by atoms with Crippen LogP contribution in [0.2, 0.25) is 0 Å². The summed E-state index contributed by atoms with van der Waals surface area (Å²) in [6, 6.07) is 6.83. The van der Waals surface area contributed by atoms with Gasteiger partial charge >= 0.3 is 0 Å². The maximum absolute atomic E-state index is 12.1. The summed E-state index contributed by atoms with van der Waals surface area (Å²) in [7, 11) is 1.57. The molecule has 0 aliphatic carbocycles. The smallest absolute Gasteiger partial charge is 0.264 e. The predicted molar refractivity (Wildman–Crippen MR) is 98.6 cm³/mol. The van der Waals surface area contributed by atoms with Gasteiger partial charge in [-0.3, -0.25) is 19.4 Å². The minimum absolute atomic E-state index is 0.0507.